The minimum Gasteiger partial charge on any atom is -0.492 e. The van der Waals surface area contributed by atoms with E-state index in [9.17, 15) is 4.79 Å². The van der Waals surface area contributed by atoms with E-state index < -0.39 is 0 Å². The van der Waals surface area contributed by atoms with Crippen molar-refractivity contribution in [1.82, 2.24) is 4.90 Å². The standard InChI is InChI=1S/C29H41NO6/c1-20(2)7-13-24-28(3,36-24)27-26(32-6)23(15-16-29(27)19-34-29)35-25(31)14-10-21-8-11-22(12-9-21)33-18-17-30(4)5/h7-12,14,23-24,26-27H,13,15-19H2,1-6H3/b14-10+/t23?,24-,26-,27?,28+,29+/m1/s1. The molecule has 1 aromatic carbocycles. The fourth-order valence-corrected chi connectivity index (χ4v) is 5.44. The number of allylic oxidation sites excluding steroid dienone is 1. The first-order valence-corrected chi connectivity index (χ1v) is 12.9. The molecule has 1 saturated carbocycles. The predicted octanol–water partition coefficient (Wildman–Crippen LogP) is 4.26. The zero-order valence-electron chi connectivity index (χ0n) is 22.5. The van der Waals surface area contributed by atoms with E-state index in [1.54, 1.807) is 13.2 Å². The first kappa shape index (κ1) is 26.9. The Hall–Kier alpha value is -2.19. The van der Waals surface area contributed by atoms with Crippen molar-refractivity contribution in [1.29, 1.82) is 0 Å². The highest BCUT2D eigenvalue weighted by molar-refractivity contribution is 5.87. The second-order valence-corrected chi connectivity index (χ2v) is 10.9. The predicted molar refractivity (Wildman–Crippen MR) is 139 cm³/mol. The number of benzene rings is 1. The monoisotopic (exact) mass is 499 g/mol. The molecule has 6 atom stereocenters. The SMILES string of the molecule is CO[C@@H]1C(OC(=O)/C=C/c2ccc(OCCN(C)C)cc2)CC[C@]2(CO2)C1[C@@]1(C)O[C@@H]1CC=C(C)C. The van der Waals surface area contributed by atoms with Gasteiger partial charge in [0.05, 0.1) is 18.6 Å². The summed E-state index contributed by atoms with van der Waals surface area (Å²) >= 11 is 0. The maximum absolute atomic E-state index is 12.7. The summed E-state index contributed by atoms with van der Waals surface area (Å²) in [6, 6.07) is 7.67. The number of methoxy groups -OCH3 is 1. The Morgan fingerprint density at radius 1 is 1.22 bits per heavy atom. The summed E-state index contributed by atoms with van der Waals surface area (Å²) in [6.45, 7) is 8.54. The van der Waals surface area contributed by atoms with Crippen LogP contribution in [0.25, 0.3) is 6.08 Å². The lowest BCUT2D eigenvalue weighted by atomic mass is 9.68. The minimum atomic E-state index is -0.372. The maximum atomic E-state index is 12.7. The molecule has 2 aliphatic heterocycles. The summed E-state index contributed by atoms with van der Waals surface area (Å²) in [4.78, 5) is 14.8. The number of esters is 1. The van der Waals surface area contributed by atoms with E-state index in [2.05, 4.69) is 31.7 Å². The highest BCUT2D eigenvalue weighted by Gasteiger charge is 2.72. The Balaban J connectivity index is 1.36. The van der Waals surface area contributed by atoms with Crippen molar-refractivity contribution >= 4 is 12.0 Å². The molecule has 0 amide bonds. The van der Waals surface area contributed by atoms with Crippen LogP contribution in [0.5, 0.6) is 5.75 Å². The molecule has 0 radical (unpaired) electrons. The molecule has 36 heavy (non-hydrogen) atoms. The van der Waals surface area contributed by atoms with Crippen LogP contribution in [0.15, 0.2) is 42.0 Å². The van der Waals surface area contributed by atoms with E-state index in [0.29, 0.717) is 19.6 Å². The van der Waals surface area contributed by atoms with E-state index >= 15 is 0 Å². The topological polar surface area (TPSA) is 73.1 Å². The second-order valence-electron chi connectivity index (χ2n) is 10.9. The van der Waals surface area contributed by atoms with Gasteiger partial charge in [-0.15, -0.1) is 0 Å². The summed E-state index contributed by atoms with van der Waals surface area (Å²) in [5.74, 6) is 0.450. The number of rotatable bonds is 11. The van der Waals surface area contributed by atoms with Crippen LogP contribution in [0.2, 0.25) is 0 Å². The average Bonchev–Trinajstić information content (AvgIpc) is 3.75. The van der Waals surface area contributed by atoms with Crippen molar-refractivity contribution in [3.05, 3.63) is 47.6 Å². The van der Waals surface area contributed by atoms with Crippen molar-refractivity contribution in [2.24, 2.45) is 5.92 Å². The van der Waals surface area contributed by atoms with Crippen molar-refractivity contribution < 1.29 is 28.5 Å². The molecule has 2 unspecified atom stereocenters. The Labute approximate surface area is 215 Å². The molecule has 7 heteroatoms. The average molecular weight is 500 g/mol. The summed E-state index contributed by atoms with van der Waals surface area (Å²) in [6.07, 6.45) is 7.38. The molecular formula is C29H41NO6. The van der Waals surface area contributed by atoms with Gasteiger partial charge in [-0.25, -0.2) is 4.79 Å². The molecule has 0 aromatic heterocycles. The van der Waals surface area contributed by atoms with E-state index in [4.69, 9.17) is 23.7 Å². The fourth-order valence-electron chi connectivity index (χ4n) is 5.44. The van der Waals surface area contributed by atoms with Crippen LogP contribution in [0.4, 0.5) is 0 Å². The largest absolute Gasteiger partial charge is 0.492 e. The minimum absolute atomic E-state index is 0.0149. The molecule has 2 saturated heterocycles. The molecule has 0 N–H and O–H groups in total. The van der Waals surface area contributed by atoms with Crippen LogP contribution < -0.4 is 4.74 Å². The number of hydrogen-bond acceptors (Lipinski definition) is 7. The molecule has 1 aromatic rings. The van der Waals surface area contributed by atoms with Crippen molar-refractivity contribution in [2.45, 2.75) is 69.5 Å². The Kier molecular flexibility index (Phi) is 8.25. The van der Waals surface area contributed by atoms with Crippen molar-refractivity contribution in [2.75, 3.05) is 41.0 Å². The molecule has 7 nitrogen and oxygen atoms in total. The number of nitrogens with zero attached hydrogens (tertiary/aromatic N) is 1. The van der Waals surface area contributed by atoms with Gasteiger partial charge in [0, 0.05) is 19.7 Å². The molecule has 198 valence electrons. The first-order chi connectivity index (χ1) is 17.2. The number of ether oxygens (including phenoxy) is 5. The van der Waals surface area contributed by atoms with Gasteiger partial charge in [0.15, 0.2) is 0 Å². The third-order valence-corrected chi connectivity index (χ3v) is 7.60. The van der Waals surface area contributed by atoms with Crippen LogP contribution in [0.1, 0.15) is 45.6 Å². The van der Waals surface area contributed by atoms with Gasteiger partial charge in [-0.2, -0.15) is 0 Å². The fraction of sp³-hybridized carbons (Fsp3) is 0.621. The van der Waals surface area contributed by atoms with E-state index in [-0.39, 0.29) is 41.4 Å². The molecule has 3 fully saturated rings. The summed E-state index contributed by atoms with van der Waals surface area (Å²) < 4.78 is 29.8. The Bertz CT molecular complexity index is 962. The first-order valence-electron chi connectivity index (χ1n) is 12.9. The molecule has 4 rings (SSSR count). The van der Waals surface area contributed by atoms with Crippen molar-refractivity contribution in [3.8, 4) is 5.75 Å². The molecular weight excluding hydrogens is 458 g/mol. The van der Waals surface area contributed by atoms with Gasteiger partial charge in [-0.05, 0) is 77.9 Å². The zero-order valence-corrected chi connectivity index (χ0v) is 22.5. The van der Waals surface area contributed by atoms with Gasteiger partial charge in [-0.3, -0.25) is 0 Å². The van der Waals surface area contributed by atoms with E-state index in [1.165, 1.54) is 11.6 Å². The summed E-state index contributed by atoms with van der Waals surface area (Å²) in [5, 5.41) is 0. The lowest BCUT2D eigenvalue weighted by Gasteiger charge is -2.42. The van der Waals surface area contributed by atoms with E-state index in [1.807, 2.05) is 38.4 Å². The normalized spacial score (nSPS) is 33.1. The van der Waals surface area contributed by atoms with Crippen LogP contribution in [-0.4, -0.2) is 81.3 Å². The zero-order chi connectivity index (χ0) is 25.9. The summed E-state index contributed by atoms with van der Waals surface area (Å²) in [5.41, 5.74) is 1.61. The van der Waals surface area contributed by atoms with Gasteiger partial charge in [0.1, 0.15) is 35.8 Å². The molecule has 0 bridgehead atoms. The van der Waals surface area contributed by atoms with Crippen LogP contribution in [0, 0.1) is 5.92 Å². The Morgan fingerprint density at radius 2 is 1.94 bits per heavy atom. The third-order valence-electron chi connectivity index (χ3n) is 7.60. The van der Waals surface area contributed by atoms with Crippen LogP contribution >= 0.6 is 0 Å². The quantitative estimate of drug-likeness (QED) is 0.195. The van der Waals surface area contributed by atoms with E-state index in [0.717, 1.165) is 30.7 Å². The van der Waals surface area contributed by atoms with Gasteiger partial charge in [-0.1, -0.05) is 23.8 Å². The lowest BCUT2D eigenvalue weighted by Crippen LogP contribution is -2.55. The van der Waals surface area contributed by atoms with Gasteiger partial charge < -0.3 is 28.6 Å². The van der Waals surface area contributed by atoms with Crippen molar-refractivity contribution in [3.63, 3.8) is 0 Å². The highest BCUT2D eigenvalue weighted by atomic mass is 16.6. The maximum Gasteiger partial charge on any atom is 0.331 e. The lowest BCUT2D eigenvalue weighted by molar-refractivity contribution is -0.166. The number of carbonyl (C=O) groups excluding carboxylic acids is 1. The number of likely N-dealkylation sites (N-methyl/N-ethyl adjacent to an activating group) is 1. The van der Waals surface area contributed by atoms with Crippen LogP contribution in [0.3, 0.4) is 0 Å². The number of carbonyl (C=O) groups is 1. The third kappa shape index (κ3) is 6.20. The Morgan fingerprint density at radius 3 is 2.56 bits per heavy atom. The van der Waals surface area contributed by atoms with Gasteiger partial charge >= 0.3 is 5.97 Å². The van der Waals surface area contributed by atoms with Gasteiger partial charge in [0.25, 0.3) is 0 Å². The molecule has 3 aliphatic rings. The molecule has 1 spiro atoms. The molecule has 2 heterocycles. The smallest absolute Gasteiger partial charge is 0.331 e. The number of epoxide rings is 2. The van der Waals surface area contributed by atoms with Gasteiger partial charge in [0.2, 0.25) is 0 Å². The number of hydrogen-bond donors (Lipinski definition) is 0. The molecule has 1 aliphatic carbocycles. The second kappa shape index (κ2) is 11.1. The highest BCUT2D eigenvalue weighted by Crippen LogP contribution is 2.59. The summed E-state index contributed by atoms with van der Waals surface area (Å²) in [7, 11) is 5.72. The van der Waals surface area contributed by atoms with Crippen LogP contribution in [-0.2, 0) is 23.7 Å².